The van der Waals surface area contributed by atoms with Gasteiger partial charge in [-0.3, -0.25) is 14.5 Å². The molecule has 134 valence electrons. The summed E-state index contributed by atoms with van der Waals surface area (Å²) in [6.45, 7) is 4.21. The standard InChI is InChI=1S/C19H19N3O4/c1-11(2)10-22-17(24)13-8-7-12(9-14(13)18(22)25)20-19(26)21-15-5-3-4-6-16(15)23/h3-9,11,23H,10H2,1-2H3,(H2,20,21,26). The first-order valence-electron chi connectivity index (χ1n) is 8.23. The minimum atomic E-state index is -0.567. The van der Waals surface area contributed by atoms with Crippen molar-refractivity contribution in [2.24, 2.45) is 5.92 Å². The number of hydrogen-bond donors (Lipinski definition) is 3. The maximum Gasteiger partial charge on any atom is 0.323 e. The Morgan fingerprint density at radius 2 is 1.73 bits per heavy atom. The number of phenolic OH excluding ortho intramolecular Hbond substituents is 1. The Labute approximate surface area is 150 Å². The number of para-hydroxylation sites is 2. The Morgan fingerprint density at radius 1 is 1.04 bits per heavy atom. The molecule has 7 nitrogen and oxygen atoms in total. The number of benzene rings is 2. The van der Waals surface area contributed by atoms with Crippen LogP contribution >= 0.6 is 0 Å². The molecule has 0 saturated carbocycles. The van der Waals surface area contributed by atoms with Gasteiger partial charge in [-0.1, -0.05) is 26.0 Å². The average molecular weight is 353 g/mol. The van der Waals surface area contributed by atoms with Crippen LogP contribution in [0.5, 0.6) is 5.75 Å². The molecule has 0 spiro atoms. The van der Waals surface area contributed by atoms with Crippen molar-refractivity contribution in [3.63, 3.8) is 0 Å². The zero-order valence-electron chi connectivity index (χ0n) is 14.4. The Bertz CT molecular complexity index is 892. The van der Waals surface area contributed by atoms with Crippen molar-refractivity contribution in [2.75, 3.05) is 17.2 Å². The van der Waals surface area contributed by atoms with Crippen molar-refractivity contribution in [1.82, 2.24) is 4.90 Å². The van der Waals surface area contributed by atoms with Gasteiger partial charge < -0.3 is 15.7 Å². The fourth-order valence-corrected chi connectivity index (χ4v) is 2.76. The topological polar surface area (TPSA) is 98.7 Å². The summed E-state index contributed by atoms with van der Waals surface area (Å²) in [7, 11) is 0. The van der Waals surface area contributed by atoms with Crippen LogP contribution in [0.4, 0.5) is 16.2 Å². The number of rotatable bonds is 4. The fraction of sp³-hybridized carbons (Fsp3) is 0.211. The van der Waals surface area contributed by atoms with Crippen molar-refractivity contribution >= 4 is 29.2 Å². The number of aromatic hydroxyl groups is 1. The summed E-state index contributed by atoms with van der Waals surface area (Å²) in [5, 5.41) is 14.8. The number of carbonyl (C=O) groups is 3. The minimum Gasteiger partial charge on any atom is -0.506 e. The van der Waals surface area contributed by atoms with Crippen LogP contribution in [-0.2, 0) is 0 Å². The highest BCUT2D eigenvalue weighted by Gasteiger charge is 2.35. The number of hydrogen-bond acceptors (Lipinski definition) is 4. The van der Waals surface area contributed by atoms with Gasteiger partial charge in [-0.2, -0.15) is 0 Å². The van der Waals surface area contributed by atoms with Gasteiger partial charge in [0.25, 0.3) is 11.8 Å². The van der Waals surface area contributed by atoms with E-state index < -0.39 is 6.03 Å². The highest BCUT2D eigenvalue weighted by Crippen LogP contribution is 2.27. The lowest BCUT2D eigenvalue weighted by Gasteiger charge is -2.15. The van der Waals surface area contributed by atoms with Gasteiger partial charge in [0, 0.05) is 12.2 Å². The zero-order valence-corrected chi connectivity index (χ0v) is 14.4. The zero-order chi connectivity index (χ0) is 18.8. The Balaban J connectivity index is 1.75. The fourth-order valence-electron chi connectivity index (χ4n) is 2.76. The van der Waals surface area contributed by atoms with Gasteiger partial charge >= 0.3 is 6.03 Å². The third-order valence-electron chi connectivity index (χ3n) is 3.93. The molecule has 1 heterocycles. The summed E-state index contributed by atoms with van der Waals surface area (Å²) in [4.78, 5) is 38.1. The summed E-state index contributed by atoms with van der Waals surface area (Å²) >= 11 is 0. The molecule has 0 aliphatic carbocycles. The number of imide groups is 1. The van der Waals surface area contributed by atoms with Gasteiger partial charge in [0.15, 0.2) is 0 Å². The van der Waals surface area contributed by atoms with Crippen molar-refractivity contribution in [3.05, 3.63) is 53.6 Å². The van der Waals surface area contributed by atoms with E-state index in [1.54, 1.807) is 24.3 Å². The Morgan fingerprint density at radius 3 is 2.42 bits per heavy atom. The monoisotopic (exact) mass is 353 g/mol. The van der Waals surface area contributed by atoms with Crippen LogP contribution in [0.25, 0.3) is 0 Å². The lowest BCUT2D eigenvalue weighted by molar-refractivity contribution is 0.0636. The molecule has 0 aromatic heterocycles. The van der Waals surface area contributed by atoms with Crippen molar-refractivity contribution in [2.45, 2.75) is 13.8 Å². The van der Waals surface area contributed by atoms with Crippen molar-refractivity contribution < 1.29 is 19.5 Å². The first-order valence-corrected chi connectivity index (χ1v) is 8.23. The van der Waals surface area contributed by atoms with Crippen LogP contribution in [0.1, 0.15) is 34.6 Å². The second kappa shape index (κ2) is 6.87. The molecule has 7 heteroatoms. The van der Waals surface area contributed by atoms with Crippen LogP contribution in [-0.4, -0.2) is 34.4 Å². The first-order chi connectivity index (χ1) is 12.4. The number of phenols is 1. The van der Waals surface area contributed by atoms with Gasteiger partial charge in [-0.25, -0.2) is 4.79 Å². The second-order valence-electron chi connectivity index (χ2n) is 6.47. The van der Waals surface area contributed by atoms with E-state index >= 15 is 0 Å². The number of urea groups is 1. The molecule has 0 radical (unpaired) electrons. The van der Waals surface area contributed by atoms with E-state index in [4.69, 9.17) is 0 Å². The van der Waals surface area contributed by atoms with Crippen molar-refractivity contribution in [3.8, 4) is 5.75 Å². The molecule has 3 N–H and O–H groups in total. The number of nitrogens with zero attached hydrogens (tertiary/aromatic N) is 1. The van der Waals surface area contributed by atoms with E-state index in [1.807, 2.05) is 13.8 Å². The van der Waals surface area contributed by atoms with E-state index in [2.05, 4.69) is 10.6 Å². The molecule has 0 bridgehead atoms. The number of anilines is 2. The quantitative estimate of drug-likeness (QED) is 0.580. The highest BCUT2D eigenvalue weighted by molar-refractivity contribution is 6.22. The third-order valence-corrected chi connectivity index (χ3v) is 3.93. The molecule has 1 aliphatic rings. The smallest absolute Gasteiger partial charge is 0.323 e. The molecule has 2 aromatic carbocycles. The van der Waals surface area contributed by atoms with Crippen LogP contribution < -0.4 is 10.6 Å². The van der Waals surface area contributed by atoms with Gasteiger partial charge in [-0.15, -0.1) is 0 Å². The summed E-state index contributed by atoms with van der Waals surface area (Å²) in [6, 6.07) is 10.4. The molecule has 26 heavy (non-hydrogen) atoms. The van der Waals surface area contributed by atoms with E-state index in [0.29, 0.717) is 17.8 Å². The van der Waals surface area contributed by atoms with Gasteiger partial charge in [0.2, 0.25) is 0 Å². The molecular formula is C19H19N3O4. The largest absolute Gasteiger partial charge is 0.506 e. The van der Waals surface area contributed by atoms with E-state index in [1.165, 1.54) is 23.1 Å². The summed E-state index contributed by atoms with van der Waals surface area (Å²) in [5.41, 5.74) is 1.25. The molecule has 0 saturated heterocycles. The number of amides is 4. The van der Waals surface area contributed by atoms with E-state index in [0.717, 1.165) is 0 Å². The molecular weight excluding hydrogens is 334 g/mol. The highest BCUT2D eigenvalue weighted by atomic mass is 16.3. The maximum absolute atomic E-state index is 12.5. The van der Waals surface area contributed by atoms with Gasteiger partial charge in [0.1, 0.15) is 5.75 Å². The lowest BCUT2D eigenvalue weighted by Crippen LogP contribution is -2.33. The molecule has 4 amide bonds. The molecule has 2 aromatic rings. The third kappa shape index (κ3) is 3.37. The predicted octanol–water partition coefficient (Wildman–Crippen LogP) is 3.29. The predicted molar refractivity (Wildman–Crippen MR) is 97.4 cm³/mol. The number of nitrogens with one attached hydrogen (secondary N) is 2. The average Bonchev–Trinajstić information content (AvgIpc) is 2.81. The van der Waals surface area contributed by atoms with Crippen molar-refractivity contribution in [1.29, 1.82) is 0 Å². The van der Waals surface area contributed by atoms with Crippen LogP contribution in [0.2, 0.25) is 0 Å². The minimum absolute atomic E-state index is 0.0540. The summed E-state index contributed by atoms with van der Waals surface area (Å²) in [6.07, 6.45) is 0. The first kappa shape index (κ1) is 17.5. The SMILES string of the molecule is CC(C)CN1C(=O)c2ccc(NC(=O)Nc3ccccc3O)cc2C1=O. The van der Waals surface area contributed by atoms with E-state index in [9.17, 15) is 19.5 Å². The summed E-state index contributed by atoms with van der Waals surface area (Å²) < 4.78 is 0. The lowest BCUT2D eigenvalue weighted by atomic mass is 10.1. The summed E-state index contributed by atoms with van der Waals surface area (Å²) in [5.74, 6) is -0.562. The number of carbonyl (C=O) groups excluding carboxylic acids is 3. The van der Waals surface area contributed by atoms with Gasteiger partial charge in [-0.05, 0) is 36.2 Å². The Hall–Kier alpha value is -3.35. The normalized spacial score (nSPS) is 13.1. The van der Waals surface area contributed by atoms with Crippen LogP contribution in [0.3, 0.4) is 0 Å². The second-order valence-corrected chi connectivity index (χ2v) is 6.47. The molecule has 0 fully saturated rings. The maximum atomic E-state index is 12.5. The van der Waals surface area contributed by atoms with Gasteiger partial charge in [0.05, 0.1) is 16.8 Å². The number of fused-ring (bicyclic) bond motifs is 1. The molecule has 0 atom stereocenters. The molecule has 0 unspecified atom stereocenters. The molecule has 1 aliphatic heterocycles. The van der Waals surface area contributed by atoms with Crippen LogP contribution in [0, 0.1) is 5.92 Å². The van der Waals surface area contributed by atoms with E-state index in [-0.39, 0.29) is 34.7 Å². The Kier molecular flexibility index (Phi) is 4.62. The van der Waals surface area contributed by atoms with Crippen LogP contribution in [0.15, 0.2) is 42.5 Å². The molecule has 3 rings (SSSR count).